The number of pyridine rings is 1. The molecule has 5 heteroatoms. The summed E-state index contributed by atoms with van der Waals surface area (Å²) in [6, 6.07) is 15.1. The van der Waals surface area contributed by atoms with E-state index in [0.717, 1.165) is 33.5 Å². The van der Waals surface area contributed by atoms with Crippen molar-refractivity contribution in [1.82, 2.24) is 9.55 Å². The van der Waals surface area contributed by atoms with Crippen LogP contribution in [0.4, 0.5) is 0 Å². The third kappa shape index (κ3) is 3.29. The van der Waals surface area contributed by atoms with Crippen LogP contribution in [-0.4, -0.2) is 15.5 Å². The van der Waals surface area contributed by atoms with Gasteiger partial charge in [-0.25, -0.2) is 0 Å². The van der Waals surface area contributed by atoms with E-state index < -0.39 is 0 Å². The Kier molecular flexibility index (Phi) is 4.55. The third-order valence-electron chi connectivity index (χ3n) is 5.47. The summed E-state index contributed by atoms with van der Waals surface area (Å²) in [4.78, 5) is 17.1. The van der Waals surface area contributed by atoms with Crippen LogP contribution in [0, 0.1) is 5.92 Å². The molecule has 2 aromatic heterocycles. The van der Waals surface area contributed by atoms with Crippen molar-refractivity contribution in [2.24, 2.45) is 5.92 Å². The highest BCUT2D eigenvalue weighted by molar-refractivity contribution is 7.95. The van der Waals surface area contributed by atoms with Gasteiger partial charge in [0.15, 0.2) is 0 Å². The second-order valence-corrected chi connectivity index (χ2v) is 8.66. The zero-order valence-electron chi connectivity index (χ0n) is 16.5. The fraction of sp³-hybridized carbons (Fsp3) is 0.250. The van der Waals surface area contributed by atoms with Gasteiger partial charge < -0.3 is 8.75 Å². The van der Waals surface area contributed by atoms with E-state index in [0.29, 0.717) is 5.92 Å². The van der Waals surface area contributed by atoms with Gasteiger partial charge in [-0.3, -0.25) is 9.78 Å². The molecule has 0 saturated heterocycles. The van der Waals surface area contributed by atoms with Gasteiger partial charge in [0.1, 0.15) is 0 Å². The van der Waals surface area contributed by atoms with E-state index >= 15 is 0 Å². The summed E-state index contributed by atoms with van der Waals surface area (Å²) in [6.45, 7) is 3.67. The lowest BCUT2D eigenvalue weighted by atomic mass is 9.99. The third-order valence-corrected chi connectivity index (χ3v) is 6.22. The highest BCUT2D eigenvalue weighted by Crippen LogP contribution is 2.44. The van der Waals surface area contributed by atoms with Crippen LogP contribution < -0.4 is 0 Å². The van der Waals surface area contributed by atoms with Crippen LogP contribution in [0.15, 0.2) is 66.0 Å². The summed E-state index contributed by atoms with van der Waals surface area (Å²) in [5, 5.41) is 3.54. The summed E-state index contributed by atoms with van der Waals surface area (Å²) in [5.74, 6) is 0.313. The van der Waals surface area contributed by atoms with E-state index in [1.807, 2.05) is 32.3 Å². The van der Waals surface area contributed by atoms with Gasteiger partial charge in [-0.05, 0) is 41.8 Å². The first-order valence-electron chi connectivity index (χ1n) is 9.99. The SMILES string of the molecule is CC(C)C(=O)OSc1cn(-c2ccc(C3CC3)c3ccccc23)c2ccncc12. The Morgan fingerprint density at radius 2 is 1.90 bits per heavy atom. The van der Waals surface area contributed by atoms with Crippen molar-refractivity contribution in [2.75, 3.05) is 0 Å². The van der Waals surface area contributed by atoms with Gasteiger partial charge in [0.05, 0.1) is 34.1 Å². The van der Waals surface area contributed by atoms with Crippen LogP contribution >= 0.6 is 12.0 Å². The van der Waals surface area contributed by atoms with Crippen molar-refractivity contribution in [3.63, 3.8) is 0 Å². The maximum Gasteiger partial charge on any atom is 0.320 e. The molecule has 4 nitrogen and oxygen atoms in total. The quantitative estimate of drug-likeness (QED) is 0.369. The Bertz CT molecular complexity index is 1220. The maximum atomic E-state index is 11.9. The predicted octanol–water partition coefficient (Wildman–Crippen LogP) is 6.26. The summed E-state index contributed by atoms with van der Waals surface area (Å²) in [5.41, 5.74) is 3.62. The molecule has 0 N–H and O–H groups in total. The number of hydrogen-bond acceptors (Lipinski definition) is 4. The molecule has 0 unspecified atom stereocenters. The number of carbonyl (C=O) groups excluding carboxylic acids is 1. The fourth-order valence-corrected chi connectivity index (χ4v) is 4.52. The number of benzene rings is 2. The molecule has 1 saturated carbocycles. The maximum absolute atomic E-state index is 11.9. The lowest BCUT2D eigenvalue weighted by Crippen LogP contribution is -2.06. The number of fused-ring (bicyclic) bond motifs is 2. The molecule has 146 valence electrons. The van der Waals surface area contributed by atoms with Crippen LogP contribution in [0.5, 0.6) is 0 Å². The smallest absolute Gasteiger partial charge is 0.320 e. The van der Waals surface area contributed by atoms with Gasteiger partial charge in [0, 0.05) is 29.4 Å². The van der Waals surface area contributed by atoms with E-state index in [1.54, 1.807) is 6.20 Å². The second-order valence-electron chi connectivity index (χ2n) is 7.89. The van der Waals surface area contributed by atoms with Gasteiger partial charge in [0.2, 0.25) is 0 Å². The number of aromatic nitrogens is 2. The predicted molar refractivity (Wildman–Crippen MR) is 117 cm³/mol. The largest absolute Gasteiger partial charge is 0.386 e. The highest BCUT2D eigenvalue weighted by atomic mass is 32.2. The summed E-state index contributed by atoms with van der Waals surface area (Å²) in [6.07, 6.45) is 8.24. The van der Waals surface area contributed by atoms with Crippen molar-refractivity contribution in [1.29, 1.82) is 0 Å². The van der Waals surface area contributed by atoms with Crippen molar-refractivity contribution >= 4 is 39.7 Å². The molecule has 1 aliphatic rings. The van der Waals surface area contributed by atoms with Crippen molar-refractivity contribution in [2.45, 2.75) is 37.5 Å². The monoisotopic (exact) mass is 402 g/mol. The molecule has 0 atom stereocenters. The van der Waals surface area contributed by atoms with E-state index in [4.69, 9.17) is 4.18 Å². The molecule has 29 heavy (non-hydrogen) atoms. The lowest BCUT2D eigenvalue weighted by Gasteiger charge is -2.13. The average molecular weight is 403 g/mol. The Hall–Kier alpha value is -2.79. The van der Waals surface area contributed by atoms with Crippen LogP contribution in [0.2, 0.25) is 0 Å². The molecule has 5 rings (SSSR count). The molecule has 0 amide bonds. The van der Waals surface area contributed by atoms with Gasteiger partial charge in [0.25, 0.3) is 0 Å². The topological polar surface area (TPSA) is 44.1 Å². The molecule has 0 bridgehead atoms. The number of carbonyl (C=O) groups is 1. The zero-order valence-corrected chi connectivity index (χ0v) is 17.3. The molecule has 1 fully saturated rings. The summed E-state index contributed by atoms with van der Waals surface area (Å²) in [7, 11) is 0. The highest BCUT2D eigenvalue weighted by Gasteiger charge is 2.26. The van der Waals surface area contributed by atoms with Crippen LogP contribution in [0.25, 0.3) is 27.4 Å². The normalized spacial score (nSPS) is 14.0. The number of rotatable bonds is 5. The molecular weight excluding hydrogens is 380 g/mol. The number of nitrogens with zero attached hydrogens (tertiary/aromatic N) is 2. The van der Waals surface area contributed by atoms with E-state index in [9.17, 15) is 4.79 Å². The second kappa shape index (κ2) is 7.23. The molecule has 0 radical (unpaired) electrons. The Morgan fingerprint density at radius 1 is 1.10 bits per heavy atom. The minimum Gasteiger partial charge on any atom is -0.386 e. The van der Waals surface area contributed by atoms with Crippen LogP contribution in [-0.2, 0) is 8.98 Å². The lowest BCUT2D eigenvalue weighted by molar-refractivity contribution is -0.136. The zero-order chi connectivity index (χ0) is 20.0. The Balaban J connectivity index is 1.64. The summed E-state index contributed by atoms with van der Waals surface area (Å²) >= 11 is 1.11. The van der Waals surface area contributed by atoms with Gasteiger partial charge >= 0.3 is 5.97 Å². The standard InChI is InChI=1S/C24H22N2O2S/c1-15(2)24(27)28-29-23-14-26(22-11-12-25-13-20(22)23)21-10-9-17(16-7-8-16)18-5-3-4-6-19(18)21/h3-6,9-16H,7-8H2,1-2H3. The molecule has 2 aromatic carbocycles. The van der Waals surface area contributed by atoms with E-state index in [1.165, 1.54) is 29.2 Å². The first kappa shape index (κ1) is 18.3. The van der Waals surface area contributed by atoms with Crippen molar-refractivity contribution < 1.29 is 8.98 Å². The molecule has 1 aliphatic carbocycles. The fourth-order valence-electron chi connectivity index (χ4n) is 3.76. The Labute approximate surface area is 174 Å². The minimum atomic E-state index is -0.223. The first-order chi connectivity index (χ1) is 14.1. The summed E-state index contributed by atoms with van der Waals surface area (Å²) < 4.78 is 7.61. The van der Waals surface area contributed by atoms with Crippen LogP contribution in [0.1, 0.15) is 38.2 Å². The van der Waals surface area contributed by atoms with Gasteiger partial charge in [-0.15, -0.1) is 0 Å². The number of hydrogen-bond donors (Lipinski definition) is 0. The average Bonchev–Trinajstić information content (AvgIpc) is 3.52. The molecular formula is C24H22N2O2S. The van der Waals surface area contributed by atoms with Gasteiger partial charge in [-0.1, -0.05) is 44.2 Å². The molecule has 4 aromatic rings. The van der Waals surface area contributed by atoms with E-state index in [-0.39, 0.29) is 11.9 Å². The molecule has 0 spiro atoms. The van der Waals surface area contributed by atoms with Crippen LogP contribution in [0.3, 0.4) is 0 Å². The van der Waals surface area contributed by atoms with E-state index in [2.05, 4.69) is 45.9 Å². The molecule has 2 heterocycles. The van der Waals surface area contributed by atoms with Crippen molar-refractivity contribution in [3.8, 4) is 5.69 Å². The minimum absolute atomic E-state index is 0.159. The van der Waals surface area contributed by atoms with Gasteiger partial charge in [-0.2, -0.15) is 0 Å². The first-order valence-corrected chi connectivity index (χ1v) is 10.7. The molecule has 0 aliphatic heterocycles. The van der Waals surface area contributed by atoms with Crippen molar-refractivity contribution in [3.05, 3.63) is 66.6 Å². The Morgan fingerprint density at radius 3 is 2.66 bits per heavy atom.